The Labute approximate surface area is 158 Å². The van der Waals surface area contributed by atoms with E-state index in [9.17, 15) is 0 Å². The second kappa shape index (κ2) is 10.1. The maximum atomic E-state index is 4.29. The summed E-state index contributed by atoms with van der Waals surface area (Å²) in [6, 6.07) is 11.8. The third-order valence-electron chi connectivity index (χ3n) is 4.54. The number of rotatable bonds is 7. The van der Waals surface area contributed by atoms with Crippen molar-refractivity contribution in [1.82, 2.24) is 15.5 Å². The second-order valence-electron chi connectivity index (χ2n) is 6.50. The molecule has 5 heteroatoms. The van der Waals surface area contributed by atoms with Crippen molar-refractivity contribution in [2.45, 2.75) is 45.3 Å². The summed E-state index contributed by atoms with van der Waals surface area (Å²) in [4.78, 5) is 6.69. The van der Waals surface area contributed by atoms with Crippen LogP contribution in [0.25, 0.3) is 0 Å². The first kappa shape index (κ1) is 20.2. The van der Waals surface area contributed by atoms with E-state index in [0.717, 1.165) is 31.4 Å². The molecule has 1 fully saturated rings. The fourth-order valence-corrected chi connectivity index (χ4v) is 2.54. The highest BCUT2D eigenvalue weighted by atomic mass is 127. The molecule has 0 aliphatic heterocycles. The summed E-state index contributed by atoms with van der Waals surface area (Å²) in [5.41, 5.74) is 1.37. The maximum absolute atomic E-state index is 4.29. The van der Waals surface area contributed by atoms with Crippen LogP contribution in [0.15, 0.2) is 35.3 Å². The highest BCUT2D eigenvalue weighted by Gasteiger charge is 2.33. The van der Waals surface area contributed by atoms with Crippen molar-refractivity contribution in [1.29, 1.82) is 0 Å². The molecule has 3 unspecified atom stereocenters. The number of benzene rings is 1. The number of aliphatic imine (C=N–C) groups is 1. The van der Waals surface area contributed by atoms with Crippen molar-refractivity contribution in [3.63, 3.8) is 0 Å². The summed E-state index contributed by atoms with van der Waals surface area (Å²) in [7, 11) is 4.03. The van der Waals surface area contributed by atoms with E-state index in [-0.39, 0.29) is 24.0 Å². The van der Waals surface area contributed by atoms with E-state index >= 15 is 0 Å². The molecule has 0 saturated heterocycles. The molecule has 0 aromatic heterocycles. The Balaban J connectivity index is 0.00000264. The smallest absolute Gasteiger partial charge is 0.191 e. The highest BCUT2D eigenvalue weighted by Crippen LogP contribution is 2.28. The largest absolute Gasteiger partial charge is 0.356 e. The first-order valence-corrected chi connectivity index (χ1v) is 8.31. The van der Waals surface area contributed by atoms with E-state index in [2.05, 4.69) is 71.8 Å². The van der Waals surface area contributed by atoms with Gasteiger partial charge in [0.2, 0.25) is 0 Å². The van der Waals surface area contributed by atoms with Crippen LogP contribution in [0.5, 0.6) is 0 Å². The number of guanidine groups is 1. The van der Waals surface area contributed by atoms with Crippen molar-refractivity contribution in [2.24, 2.45) is 10.9 Å². The molecule has 1 aromatic carbocycles. The van der Waals surface area contributed by atoms with Gasteiger partial charge in [-0.2, -0.15) is 0 Å². The second-order valence-corrected chi connectivity index (χ2v) is 6.50. The average molecular weight is 430 g/mol. The van der Waals surface area contributed by atoms with Crippen molar-refractivity contribution in [2.75, 3.05) is 20.6 Å². The predicted molar refractivity (Wildman–Crippen MR) is 109 cm³/mol. The molecule has 1 aliphatic carbocycles. The van der Waals surface area contributed by atoms with Gasteiger partial charge in [-0.15, -0.1) is 24.0 Å². The Bertz CT molecular complexity index is 477. The third-order valence-corrected chi connectivity index (χ3v) is 4.54. The van der Waals surface area contributed by atoms with Crippen molar-refractivity contribution in [3.05, 3.63) is 35.9 Å². The summed E-state index contributed by atoms with van der Waals surface area (Å²) in [5.74, 6) is 1.72. The van der Waals surface area contributed by atoms with Gasteiger partial charge in [-0.25, -0.2) is 0 Å². The standard InChI is InChI=1S/C18H30N4.HI/c1-14-12-17(14)21-18(19-3)20-11-10-15(2)22(4)13-16-8-6-5-7-9-16;/h5-9,14-15,17H,10-13H2,1-4H3,(H2,19,20,21);1H. The Morgan fingerprint density at radius 3 is 2.57 bits per heavy atom. The van der Waals surface area contributed by atoms with Gasteiger partial charge in [0.05, 0.1) is 0 Å². The number of hydrogen-bond acceptors (Lipinski definition) is 2. The van der Waals surface area contributed by atoms with Crippen LogP contribution in [0.4, 0.5) is 0 Å². The van der Waals surface area contributed by atoms with Crippen LogP contribution in [-0.4, -0.2) is 43.6 Å². The summed E-state index contributed by atoms with van der Waals surface area (Å²) in [6.07, 6.45) is 2.36. The Morgan fingerprint density at radius 2 is 2.00 bits per heavy atom. The fraction of sp³-hybridized carbons (Fsp3) is 0.611. The predicted octanol–water partition coefficient (Wildman–Crippen LogP) is 3.09. The zero-order chi connectivity index (χ0) is 15.9. The Morgan fingerprint density at radius 1 is 1.35 bits per heavy atom. The van der Waals surface area contributed by atoms with E-state index in [1.165, 1.54) is 12.0 Å². The van der Waals surface area contributed by atoms with Gasteiger partial charge in [0.15, 0.2) is 5.96 Å². The summed E-state index contributed by atoms with van der Waals surface area (Å²) >= 11 is 0. The van der Waals surface area contributed by atoms with E-state index in [1.807, 2.05) is 7.05 Å². The van der Waals surface area contributed by atoms with Crippen LogP contribution in [0, 0.1) is 5.92 Å². The van der Waals surface area contributed by atoms with Crippen molar-refractivity contribution < 1.29 is 0 Å². The molecule has 1 aliphatic rings. The van der Waals surface area contributed by atoms with Gasteiger partial charge in [0, 0.05) is 32.2 Å². The molecule has 4 nitrogen and oxygen atoms in total. The number of hydrogen-bond donors (Lipinski definition) is 2. The number of nitrogens with one attached hydrogen (secondary N) is 2. The zero-order valence-corrected chi connectivity index (χ0v) is 17.1. The minimum absolute atomic E-state index is 0. The van der Waals surface area contributed by atoms with Crippen molar-refractivity contribution >= 4 is 29.9 Å². The van der Waals surface area contributed by atoms with Gasteiger partial charge in [-0.05, 0) is 38.3 Å². The minimum atomic E-state index is 0. The van der Waals surface area contributed by atoms with Gasteiger partial charge >= 0.3 is 0 Å². The molecule has 23 heavy (non-hydrogen) atoms. The number of nitrogens with zero attached hydrogens (tertiary/aromatic N) is 2. The molecular formula is C18H31IN4. The first-order chi connectivity index (χ1) is 10.6. The Hall–Kier alpha value is -0.820. The van der Waals surface area contributed by atoms with E-state index in [1.54, 1.807) is 0 Å². The third kappa shape index (κ3) is 7.08. The van der Waals surface area contributed by atoms with E-state index in [4.69, 9.17) is 0 Å². The monoisotopic (exact) mass is 430 g/mol. The van der Waals surface area contributed by atoms with Crippen LogP contribution >= 0.6 is 24.0 Å². The van der Waals surface area contributed by atoms with Gasteiger partial charge in [0.25, 0.3) is 0 Å². The van der Waals surface area contributed by atoms with E-state index in [0.29, 0.717) is 12.1 Å². The highest BCUT2D eigenvalue weighted by molar-refractivity contribution is 14.0. The average Bonchev–Trinajstić information content (AvgIpc) is 3.22. The molecule has 0 heterocycles. The fourth-order valence-electron chi connectivity index (χ4n) is 2.54. The van der Waals surface area contributed by atoms with Crippen LogP contribution in [-0.2, 0) is 6.54 Å². The maximum Gasteiger partial charge on any atom is 0.191 e. The molecule has 130 valence electrons. The number of halogens is 1. The normalized spacial score (nSPS) is 21.5. The van der Waals surface area contributed by atoms with Gasteiger partial charge in [-0.1, -0.05) is 37.3 Å². The van der Waals surface area contributed by atoms with Crippen molar-refractivity contribution in [3.8, 4) is 0 Å². The van der Waals surface area contributed by atoms with Crippen LogP contribution in [0.1, 0.15) is 32.3 Å². The summed E-state index contributed by atoms with van der Waals surface area (Å²) < 4.78 is 0. The zero-order valence-electron chi connectivity index (χ0n) is 14.7. The molecule has 1 saturated carbocycles. The minimum Gasteiger partial charge on any atom is -0.356 e. The quantitative estimate of drug-likeness (QED) is 0.397. The van der Waals surface area contributed by atoms with Gasteiger partial charge < -0.3 is 10.6 Å². The van der Waals surface area contributed by atoms with Crippen LogP contribution < -0.4 is 10.6 Å². The molecular weight excluding hydrogens is 399 g/mol. The topological polar surface area (TPSA) is 39.7 Å². The molecule has 2 rings (SSSR count). The lowest BCUT2D eigenvalue weighted by atomic mass is 10.1. The molecule has 0 spiro atoms. The SMILES string of the molecule is CN=C(NCCC(C)N(C)Cc1ccccc1)NC1CC1C.I. The first-order valence-electron chi connectivity index (χ1n) is 8.31. The van der Waals surface area contributed by atoms with Gasteiger partial charge in [0.1, 0.15) is 0 Å². The molecule has 1 aromatic rings. The molecule has 0 radical (unpaired) electrons. The molecule has 2 N–H and O–H groups in total. The molecule has 3 atom stereocenters. The van der Waals surface area contributed by atoms with Crippen LogP contribution in [0.3, 0.4) is 0 Å². The molecule has 0 bridgehead atoms. The van der Waals surface area contributed by atoms with E-state index < -0.39 is 0 Å². The lowest BCUT2D eigenvalue weighted by Crippen LogP contribution is -2.41. The summed E-state index contributed by atoms with van der Waals surface area (Å²) in [5, 5.41) is 6.88. The van der Waals surface area contributed by atoms with Gasteiger partial charge in [-0.3, -0.25) is 9.89 Å². The van der Waals surface area contributed by atoms with Crippen LogP contribution in [0.2, 0.25) is 0 Å². The molecule has 0 amide bonds. The Kier molecular flexibility index (Phi) is 8.91. The lowest BCUT2D eigenvalue weighted by Gasteiger charge is -2.25. The lowest BCUT2D eigenvalue weighted by molar-refractivity contribution is 0.238. The summed E-state index contributed by atoms with van der Waals surface area (Å²) in [6.45, 7) is 6.49.